The normalized spacial score (nSPS) is 12.0. The third-order valence-corrected chi connectivity index (χ3v) is 2.03. The van der Waals surface area contributed by atoms with Crippen molar-refractivity contribution in [2.24, 2.45) is 0 Å². The molecule has 0 aliphatic carbocycles. The second-order valence-electron chi connectivity index (χ2n) is 2.89. The van der Waals surface area contributed by atoms with Crippen LogP contribution in [0.3, 0.4) is 0 Å². The number of nitrogens with zero attached hydrogens (tertiary/aromatic N) is 2. The van der Waals surface area contributed by atoms with Gasteiger partial charge < -0.3 is 0 Å². The highest BCUT2D eigenvalue weighted by molar-refractivity contribution is 6.31. The van der Waals surface area contributed by atoms with Gasteiger partial charge in [0, 0.05) is 5.02 Å². The summed E-state index contributed by atoms with van der Waals surface area (Å²) < 4.78 is 36.8. The molecule has 2 nitrogen and oxygen atoms in total. The van der Waals surface area contributed by atoms with Crippen LogP contribution in [0.2, 0.25) is 5.02 Å². The molecule has 1 heterocycles. The van der Waals surface area contributed by atoms with Crippen molar-refractivity contribution in [2.75, 3.05) is 0 Å². The van der Waals surface area contributed by atoms with Gasteiger partial charge in [-0.2, -0.15) is 13.2 Å². The van der Waals surface area contributed by atoms with Crippen LogP contribution in [0.5, 0.6) is 0 Å². The molecule has 0 bridgehead atoms. The number of halogens is 4. The van der Waals surface area contributed by atoms with E-state index in [1.54, 1.807) is 0 Å². The monoisotopic (exact) mass is 232 g/mol. The first-order chi connectivity index (χ1) is 6.97. The maximum Gasteiger partial charge on any atom is 0.434 e. The first kappa shape index (κ1) is 10.2. The maximum absolute atomic E-state index is 12.3. The Hall–Kier alpha value is -1.36. The molecular weight excluding hydrogens is 229 g/mol. The summed E-state index contributed by atoms with van der Waals surface area (Å²) in [6, 6.07) is 4.34. The lowest BCUT2D eigenvalue weighted by molar-refractivity contribution is -0.141. The maximum atomic E-state index is 12.3. The molecule has 0 N–H and O–H groups in total. The zero-order valence-corrected chi connectivity index (χ0v) is 7.97. The molecule has 1 aromatic heterocycles. The van der Waals surface area contributed by atoms with Gasteiger partial charge >= 0.3 is 6.18 Å². The van der Waals surface area contributed by atoms with Crippen LogP contribution in [0.4, 0.5) is 13.2 Å². The number of hydrogen-bond acceptors (Lipinski definition) is 2. The molecule has 0 aliphatic heterocycles. The summed E-state index contributed by atoms with van der Waals surface area (Å²) in [5.41, 5.74) is -0.484. The third kappa shape index (κ3) is 2.02. The third-order valence-electron chi connectivity index (χ3n) is 1.79. The zero-order valence-electron chi connectivity index (χ0n) is 7.22. The first-order valence-electron chi connectivity index (χ1n) is 3.96. The summed E-state index contributed by atoms with van der Waals surface area (Å²) in [7, 11) is 0. The van der Waals surface area contributed by atoms with E-state index in [2.05, 4.69) is 9.97 Å². The van der Waals surface area contributed by atoms with Crippen molar-refractivity contribution in [3.8, 4) is 0 Å². The van der Waals surface area contributed by atoms with Crippen molar-refractivity contribution in [3.05, 3.63) is 35.1 Å². The van der Waals surface area contributed by atoms with E-state index in [0.717, 1.165) is 0 Å². The summed E-state index contributed by atoms with van der Waals surface area (Å²) in [6.07, 6.45) is -3.78. The molecule has 0 radical (unpaired) electrons. The number of hydrogen-bond donors (Lipinski definition) is 0. The topological polar surface area (TPSA) is 25.8 Å². The Bertz CT molecular complexity index is 510. The van der Waals surface area contributed by atoms with Gasteiger partial charge in [-0.25, -0.2) is 4.98 Å². The van der Waals surface area contributed by atoms with Crippen LogP contribution in [-0.4, -0.2) is 9.97 Å². The summed E-state index contributed by atoms with van der Waals surface area (Å²) in [5, 5.41) is 0.413. The number of aromatic nitrogens is 2. The molecule has 0 spiro atoms. The number of fused-ring (bicyclic) bond motifs is 1. The molecule has 15 heavy (non-hydrogen) atoms. The molecule has 1 aromatic carbocycles. The van der Waals surface area contributed by atoms with E-state index in [1.165, 1.54) is 18.2 Å². The van der Waals surface area contributed by atoms with E-state index >= 15 is 0 Å². The fourth-order valence-corrected chi connectivity index (χ4v) is 1.29. The molecule has 0 amide bonds. The van der Waals surface area contributed by atoms with E-state index in [1.807, 2.05) is 0 Å². The van der Waals surface area contributed by atoms with Gasteiger partial charge in [0.2, 0.25) is 0 Å². The van der Waals surface area contributed by atoms with Crippen molar-refractivity contribution in [2.45, 2.75) is 6.18 Å². The Balaban J connectivity index is 2.62. The fourth-order valence-electron chi connectivity index (χ4n) is 1.12. The predicted molar refractivity (Wildman–Crippen MR) is 49.6 cm³/mol. The summed E-state index contributed by atoms with van der Waals surface area (Å²) in [6.45, 7) is 0. The zero-order chi connectivity index (χ0) is 11.1. The Labute approximate surface area is 87.7 Å². The van der Waals surface area contributed by atoms with E-state index in [0.29, 0.717) is 16.7 Å². The van der Waals surface area contributed by atoms with Gasteiger partial charge in [0.25, 0.3) is 0 Å². The van der Waals surface area contributed by atoms with Crippen LogP contribution >= 0.6 is 11.6 Å². The van der Waals surface area contributed by atoms with E-state index < -0.39 is 11.9 Å². The minimum Gasteiger partial charge on any atom is -0.252 e. The predicted octanol–water partition coefficient (Wildman–Crippen LogP) is 3.30. The summed E-state index contributed by atoms with van der Waals surface area (Å²) in [4.78, 5) is 7.08. The molecule has 0 saturated heterocycles. The van der Waals surface area contributed by atoms with Crippen molar-refractivity contribution < 1.29 is 13.2 Å². The lowest BCUT2D eigenvalue weighted by Crippen LogP contribution is -2.08. The molecule has 0 atom stereocenters. The number of rotatable bonds is 0. The van der Waals surface area contributed by atoms with Gasteiger partial charge in [-0.3, -0.25) is 4.98 Å². The van der Waals surface area contributed by atoms with Crippen molar-refractivity contribution in [3.63, 3.8) is 0 Å². The van der Waals surface area contributed by atoms with Gasteiger partial charge in [-0.1, -0.05) is 11.6 Å². The molecule has 2 rings (SSSR count). The van der Waals surface area contributed by atoms with Crippen LogP contribution in [0.25, 0.3) is 11.0 Å². The van der Waals surface area contributed by atoms with Gasteiger partial charge in [0.05, 0.1) is 17.2 Å². The van der Waals surface area contributed by atoms with Gasteiger partial charge in [-0.05, 0) is 18.2 Å². The van der Waals surface area contributed by atoms with Crippen molar-refractivity contribution in [1.82, 2.24) is 9.97 Å². The minimum atomic E-state index is -4.47. The lowest BCUT2D eigenvalue weighted by Gasteiger charge is -2.05. The number of alkyl halides is 3. The Kier molecular flexibility index (Phi) is 2.26. The molecule has 0 fully saturated rings. The SMILES string of the molecule is FC(F)(F)c1cnc2cc(Cl)ccc2n1. The van der Waals surface area contributed by atoms with Crippen LogP contribution in [0.1, 0.15) is 5.69 Å². The average Bonchev–Trinajstić information content (AvgIpc) is 2.15. The largest absolute Gasteiger partial charge is 0.434 e. The van der Waals surface area contributed by atoms with Gasteiger partial charge in [0.15, 0.2) is 5.69 Å². The molecule has 2 aromatic rings. The van der Waals surface area contributed by atoms with Gasteiger partial charge in [0.1, 0.15) is 0 Å². The summed E-state index contributed by atoms with van der Waals surface area (Å²) in [5.74, 6) is 0. The minimum absolute atomic E-state index is 0.175. The second kappa shape index (κ2) is 3.34. The number of benzene rings is 1. The highest BCUT2D eigenvalue weighted by Crippen LogP contribution is 2.28. The molecular formula is C9H4ClF3N2. The molecule has 0 unspecified atom stereocenters. The summed E-state index contributed by atoms with van der Waals surface area (Å²) >= 11 is 5.66. The van der Waals surface area contributed by atoms with Crippen LogP contribution in [0.15, 0.2) is 24.4 Å². The Morgan fingerprint density at radius 2 is 1.87 bits per heavy atom. The highest BCUT2D eigenvalue weighted by atomic mass is 35.5. The first-order valence-corrected chi connectivity index (χ1v) is 4.34. The van der Waals surface area contributed by atoms with Crippen LogP contribution in [0, 0.1) is 0 Å². The van der Waals surface area contributed by atoms with Crippen LogP contribution < -0.4 is 0 Å². The molecule has 78 valence electrons. The Morgan fingerprint density at radius 1 is 1.13 bits per heavy atom. The van der Waals surface area contributed by atoms with E-state index in [9.17, 15) is 13.2 Å². The standard InChI is InChI=1S/C9H4ClF3N2/c10-5-1-2-6-7(3-5)14-4-8(15-6)9(11,12)13/h1-4H. The highest BCUT2D eigenvalue weighted by Gasteiger charge is 2.33. The quantitative estimate of drug-likeness (QED) is 0.696. The fraction of sp³-hybridized carbons (Fsp3) is 0.111. The smallest absolute Gasteiger partial charge is 0.252 e. The van der Waals surface area contributed by atoms with Gasteiger partial charge in [-0.15, -0.1) is 0 Å². The second-order valence-corrected chi connectivity index (χ2v) is 3.32. The van der Waals surface area contributed by atoms with Crippen molar-refractivity contribution in [1.29, 1.82) is 0 Å². The lowest BCUT2D eigenvalue weighted by atomic mass is 10.3. The van der Waals surface area contributed by atoms with E-state index in [-0.39, 0.29) is 5.52 Å². The van der Waals surface area contributed by atoms with Crippen LogP contribution in [-0.2, 0) is 6.18 Å². The Morgan fingerprint density at radius 3 is 2.53 bits per heavy atom. The van der Waals surface area contributed by atoms with E-state index in [4.69, 9.17) is 11.6 Å². The average molecular weight is 233 g/mol. The van der Waals surface area contributed by atoms with Crippen molar-refractivity contribution >= 4 is 22.6 Å². The molecule has 6 heteroatoms. The molecule has 0 aliphatic rings. The molecule has 0 saturated carbocycles.